The molecule has 0 aliphatic carbocycles. The van der Waals surface area contributed by atoms with E-state index in [4.69, 9.17) is 14.0 Å². The first-order chi connectivity index (χ1) is 6.77. The van der Waals surface area contributed by atoms with Crippen LogP contribution < -0.4 is 5.30 Å². The summed E-state index contributed by atoms with van der Waals surface area (Å²) in [6, 6.07) is 8.21. The van der Waals surface area contributed by atoms with E-state index in [-0.39, 0.29) is 6.79 Å². The Morgan fingerprint density at radius 2 is 2.00 bits per heavy atom. The van der Waals surface area contributed by atoms with Gasteiger partial charge in [-0.3, -0.25) is 4.57 Å². The molecular formula is C9H11O4P. The first kappa shape index (κ1) is 9.87. The summed E-state index contributed by atoms with van der Waals surface area (Å²) in [7, 11) is -1.60. The summed E-state index contributed by atoms with van der Waals surface area (Å²) in [6.07, 6.45) is 0. The second-order valence-corrected chi connectivity index (χ2v) is 5.37. The lowest BCUT2D eigenvalue weighted by molar-refractivity contribution is -0.280. The third-order valence-corrected chi connectivity index (χ3v) is 4.50. The molecule has 1 aromatic rings. The van der Waals surface area contributed by atoms with Crippen molar-refractivity contribution in [1.29, 1.82) is 0 Å². The molecule has 0 saturated carbocycles. The standard InChI is InChI=1S/C9H11O4P/c1-11-14(10,9-12-7-13-9)8-5-3-2-4-6-8/h2-6,9H,7H2,1H3. The van der Waals surface area contributed by atoms with Gasteiger partial charge in [-0.15, -0.1) is 0 Å². The molecule has 5 heteroatoms. The van der Waals surface area contributed by atoms with E-state index < -0.39 is 13.4 Å². The van der Waals surface area contributed by atoms with Crippen LogP contribution in [0.25, 0.3) is 0 Å². The average molecular weight is 214 g/mol. The van der Waals surface area contributed by atoms with Crippen LogP contribution in [0, 0.1) is 0 Å². The van der Waals surface area contributed by atoms with Gasteiger partial charge in [0.1, 0.15) is 0 Å². The molecular weight excluding hydrogens is 203 g/mol. The van der Waals surface area contributed by atoms with E-state index in [0.29, 0.717) is 5.30 Å². The number of benzene rings is 1. The van der Waals surface area contributed by atoms with Crippen LogP contribution in [0.4, 0.5) is 0 Å². The van der Waals surface area contributed by atoms with Gasteiger partial charge in [-0.25, -0.2) is 0 Å². The van der Waals surface area contributed by atoms with Crippen molar-refractivity contribution in [2.45, 2.75) is 6.03 Å². The predicted octanol–water partition coefficient (Wildman–Crippen LogP) is 1.52. The molecule has 0 spiro atoms. The molecule has 4 nitrogen and oxygen atoms in total. The largest absolute Gasteiger partial charge is 0.325 e. The molecule has 1 aliphatic heterocycles. The highest BCUT2D eigenvalue weighted by Crippen LogP contribution is 2.53. The van der Waals surface area contributed by atoms with Crippen molar-refractivity contribution >= 4 is 12.7 Å². The maximum atomic E-state index is 12.3. The molecule has 0 bridgehead atoms. The van der Waals surface area contributed by atoms with Gasteiger partial charge in [-0.2, -0.15) is 0 Å². The summed E-state index contributed by atoms with van der Waals surface area (Å²) in [5.74, 6) is 0. The topological polar surface area (TPSA) is 44.8 Å². The number of hydrogen-bond donors (Lipinski definition) is 0. The monoisotopic (exact) mass is 214 g/mol. The van der Waals surface area contributed by atoms with Gasteiger partial charge in [0.05, 0.1) is 0 Å². The van der Waals surface area contributed by atoms with Gasteiger partial charge in [0.25, 0.3) is 7.37 Å². The van der Waals surface area contributed by atoms with Gasteiger partial charge in [0, 0.05) is 12.4 Å². The van der Waals surface area contributed by atoms with E-state index in [9.17, 15) is 4.57 Å². The fraction of sp³-hybridized carbons (Fsp3) is 0.333. The Labute approximate surface area is 82.2 Å². The Kier molecular flexibility index (Phi) is 2.70. The van der Waals surface area contributed by atoms with E-state index in [1.165, 1.54) is 7.11 Å². The van der Waals surface area contributed by atoms with Crippen molar-refractivity contribution in [3.8, 4) is 0 Å². The molecule has 1 unspecified atom stereocenters. The van der Waals surface area contributed by atoms with Crippen LogP contribution in [0.1, 0.15) is 0 Å². The molecule has 0 N–H and O–H groups in total. The Morgan fingerprint density at radius 3 is 2.43 bits per heavy atom. The Balaban J connectivity index is 2.32. The highest BCUT2D eigenvalue weighted by atomic mass is 31.2. The maximum absolute atomic E-state index is 12.3. The molecule has 1 atom stereocenters. The average Bonchev–Trinajstić information content (AvgIpc) is 2.16. The molecule has 0 aromatic heterocycles. The summed E-state index contributed by atoms with van der Waals surface area (Å²) in [5.41, 5.74) is 0. The fourth-order valence-corrected chi connectivity index (χ4v) is 3.00. The van der Waals surface area contributed by atoms with E-state index in [1.54, 1.807) is 24.3 Å². The molecule has 1 aromatic carbocycles. The van der Waals surface area contributed by atoms with Crippen molar-refractivity contribution in [3.63, 3.8) is 0 Å². The molecule has 76 valence electrons. The van der Waals surface area contributed by atoms with Gasteiger partial charge in [0.15, 0.2) is 6.79 Å². The third-order valence-electron chi connectivity index (χ3n) is 2.09. The van der Waals surface area contributed by atoms with Gasteiger partial charge >= 0.3 is 0 Å². The van der Waals surface area contributed by atoms with Gasteiger partial charge in [-0.1, -0.05) is 18.2 Å². The zero-order valence-corrected chi connectivity index (χ0v) is 8.65. The molecule has 1 fully saturated rings. The van der Waals surface area contributed by atoms with Crippen LogP contribution in [0.5, 0.6) is 0 Å². The molecule has 1 aliphatic rings. The van der Waals surface area contributed by atoms with E-state index in [0.717, 1.165) is 0 Å². The first-order valence-electron chi connectivity index (χ1n) is 4.21. The SMILES string of the molecule is COP(=O)(c1ccccc1)C1OCO1. The third kappa shape index (κ3) is 1.51. The fourth-order valence-electron chi connectivity index (χ4n) is 1.27. The molecule has 0 amide bonds. The quantitative estimate of drug-likeness (QED) is 0.715. The van der Waals surface area contributed by atoms with Crippen molar-refractivity contribution in [2.24, 2.45) is 0 Å². The van der Waals surface area contributed by atoms with E-state index in [2.05, 4.69) is 0 Å². The number of hydrogen-bond acceptors (Lipinski definition) is 4. The lowest BCUT2D eigenvalue weighted by atomic mass is 10.4. The van der Waals surface area contributed by atoms with E-state index >= 15 is 0 Å². The predicted molar refractivity (Wildman–Crippen MR) is 51.5 cm³/mol. The first-order valence-corrected chi connectivity index (χ1v) is 5.91. The van der Waals surface area contributed by atoms with Crippen molar-refractivity contribution < 1.29 is 18.6 Å². The minimum Gasteiger partial charge on any atom is -0.325 e. The summed E-state index contributed by atoms with van der Waals surface area (Å²) in [4.78, 5) is 0. The summed E-state index contributed by atoms with van der Waals surface area (Å²) in [6.45, 7) is 0.185. The van der Waals surface area contributed by atoms with Gasteiger partial charge in [0.2, 0.25) is 6.03 Å². The second kappa shape index (κ2) is 3.83. The smallest absolute Gasteiger partial charge is 0.286 e. The second-order valence-electron chi connectivity index (χ2n) is 2.87. The summed E-state index contributed by atoms with van der Waals surface area (Å²) < 4.78 is 27.4. The minimum atomic E-state index is -3.00. The maximum Gasteiger partial charge on any atom is 0.286 e. The summed E-state index contributed by atoms with van der Waals surface area (Å²) in [5, 5.41) is 0.618. The van der Waals surface area contributed by atoms with Crippen LogP contribution in [0.2, 0.25) is 0 Å². The minimum absolute atomic E-state index is 0.185. The van der Waals surface area contributed by atoms with Crippen LogP contribution in [0.15, 0.2) is 30.3 Å². The number of ether oxygens (including phenoxy) is 2. The molecule has 14 heavy (non-hydrogen) atoms. The molecule has 1 heterocycles. The van der Waals surface area contributed by atoms with Crippen LogP contribution in [0.3, 0.4) is 0 Å². The van der Waals surface area contributed by atoms with Crippen molar-refractivity contribution in [1.82, 2.24) is 0 Å². The summed E-state index contributed by atoms with van der Waals surface area (Å²) >= 11 is 0. The van der Waals surface area contributed by atoms with Gasteiger partial charge < -0.3 is 14.0 Å². The Bertz CT molecular complexity index is 347. The number of rotatable bonds is 3. The molecule has 1 saturated heterocycles. The van der Waals surface area contributed by atoms with Crippen LogP contribution in [-0.2, 0) is 18.6 Å². The van der Waals surface area contributed by atoms with Crippen LogP contribution in [-0.4, -0.2) is 19.9 Å². The lowest BCUT2D eigenvalue weighted by Gasteiger charge is -2.32. The van der Waals surface area contributed by atoms with Gasteiger partial charge in [-0.05, 0) is 12.1 Å². The molecule has 2 rings (SSSR count). The Hall–Kier alpha value is -0.670. The van der Waals surface area contributed by atoms with Crippen molar-refractivity contribution in [2.75, 3.05) is 13.9 Å². The van der Waals surface area contributed by atoms with Crippen molar-refractivity contribution in [3.05, 3.63) is 30.3 Å². The molecule has 0 radical (unpaired) electrons. The zero-order chi connectivity index (χ0) is 10.0. The zero-order valence-electron chi connectivity index (χ0n) is 7.75. The van der Waals surface area contributed by atoms with E-state index in [1.807, 2.05) is 6.07 Å². The normalized spacial score (nSPS) is 21.2. The highest BCUT2D eigenvalue weighted by molar-refractivity contribution is 7.67. The highest BCUT2D eigenvalue weighted by Gasteiger charge is 2.41. The lowest BCUT2D eigenvalue weighted by Crippen LogP contribution is -2.34. The Morgan fingerprint density at radius 1 is 1.36 bits per heavy atom. The van der Waals surface area contributed by atoms with Crippen LogP contribution >= 0.6 is 7.37 Å².